The zero-order valence-corrected chi connectivity index (χ0v) is 10.0. The normalized spacial score (nSPS) is 15.4. The van der Waals surface area contributed by atoms with E-state index in [9.17, 15) is 4.21 Å². The lowest BCUT2D eigenvalue weighted by atomic mass is 10.2. The van der Waals surface area contributed by atoms with Crippen LogP contribution in [0, 0.1) is 0 Å². The van der Waals surface area contributed by atoms with Gasteiger partial charge in [0.25, 0.3) is 0 Å². The summed E-state index contributed by atoms with van der Waals surface area (Å²) in [5.74, 6) is 1.20. The van der Waals surface area contributed by atoms with Gasteiger partial charge in [-0.1, -0.05) is 0 Å². The van der Waals surface area contributed by atoms with Crippen LogP contribution in [0.3, 0.4) is 0 Å². The van der Waals surface area contributed by atoms with E-state index < -0.39 is 10.8 Å². The summed E-state index contributed by atoms with van der Waals surface area (Å²) in [6.45, 7) is 2.09. The fourth-order valence-electron chi connectivity index (χ4n) is 1.31. The Morgan fingerprint density at radius 2 is 2.43 bits per heavy atom. The smallest absolute Gasteiger partial charge is 0.0951 e. The molecule has 0 spiro atoms. The first-order valence-electron chi connectivity index (χ1n) is 4.52. The van der Waals surface area contributed by atoms with E-state index in [0.29, 0.717) is 11.9 Å². The van der Waals surface area contributed by atoms with Crippen molar-refractivity contribution in [2.24, 2.45) is 0 Å². The fourth-order valence-corrected chi connectivity index (χ4v) is 2.19. The number of nitrogens with zero attached hydrogens (tertiary/aromatic N) is 2. The quantitative estimate of drug-likeness (QED) is 0.730. The number of alkyl halides is 1. The second-order valence-electron chi connectivity index (χ2n) is 3.34. The summed E-state index contributed by atoms with van der Waals surface area (Å²) in [5.41, 5.74) is 1.01. The molecular weight excluding hydrogens is 220 g/mol. The molecule has 1 rings (SSSR count). The molecule has 1 aromatic rings. The standard InChI is InChI=1S/C9H15ClN2OS/c1-8(3-4-14(2)13)12-7-11-6-9(12)5-10/h6-8H,3-5H2,1-2H3. The first-order chi connectivity index (χ1) is 6.65. The molecule has 0 radical (unpaired) electrons. The Hall–Kier alpha value is -0.350. The number of halogens is 1. The molecule has 3 nitrogen and oxygen atoms in total. The summed E-state index contributed by atoms with van der Waals surface area (Å²) in [4.78, 5) is 4.04. The van der Waals surface area contributed by atoms with Crippen LogP contribution in [-0.4, -0.2) is 25.8 Å². The van der Waals surface area contributed by atoms with Crippen molar-refractivity contribution < 1.29 is 4.21 Å². The topological polar surface area (TPSA) is 34.9 Å². The summed E-state index contributed by atoms with van der Waals surface area (Å²) < 4.78 is 13.0. The Morgan fingerprint density at radius 1 is 1.71 bits per heavy atom. The average molecular weight is 235 g/mol. The molecule has 0 saturated heterocycles. The highest BCUT2D eigenvalue weighted by molar-refractivity contribution is 7.84. The molecule has 2 unspecified atom stereocenters. The lowest BCUT2D eigenvalue weighted by molar-refractivity contribution is 0.519. The maximum atomic E-state index is 10.9. The minimum atomic E-state index is -0.723. The maximum Gasteiger partial charge on any atom is 0.0951 e. The average Bonchev–Trinajstić information content (AvgIpc) is 2.61. The van der Waals surface area contributed by atoms with Crippen molar-refractivity contribution in [2.75, 3.05) is 12.0 Å². The van der Waals surface area contributed by atoms with Gasteiger partial charge in [-0.25, -0.2) is 4.98 Å². The van der Waals surface area contributed by atoms with Gasteiger partial charge in [0.1, 0.15) is 0 Å². The molecule has 0 fully saturated rings. The molecule has 0 bridgehead atoms. The zero-order valence-electron chi connectivity index (χ0n) is 8.44. The summed E-state index contributed by atoms with van der Waals surface area (Å²) >= 11 is 5.76. The van der Waals surface area contributed by atoms with Gasteiger partial charge in [-0.15, -0.1) is 11.6 Å². The highest BCUT2D eigenvalue weighted by Crippen LogP contribution is 2.15. The maximum absolute atomic E-state index is 10.9. The number of hydrogen-bond acceptors (Lipinski definition) is 2. The lowest BCUT2D eigenvalue weighted by Gasteiger charge is -2.14. The summed E-state index contributed by atoms with van der Waals surface area (Å²) in [6, 6.07) is 0.315. The summed E-state index contributed by atoms with van der Waals surface area (Å²) in [6.07, 6.45) is 6.17. The van der Waals surface area contributed by atoms with E-state index in [1.807, 2.05) is 4.57 Å². The minimum absolute atomic E-state index is 0.315. The predicted octanol–water partition coefficient (Wildman–Crippen LogP) is 1.95. The predicted molar refractivity (Wildman–Crippen MR) is 60.0 cm³/mol. The lowest BCUT2D eigenvalue weighted by Crippen LogP contribution is -2.10. The van der Waals surface area contributed by atoms with Gasteiger partial charge in [-0.2, -0.15) is 0 Å². The highest BCUT2D eigenvalue weighted by Gasteiger charge is 2.08. The van der Waals surface area contributed by atoms with Crippen LogP contribution in [0.25, 0.3) is 0 Å². The Balaban J connectivity index is 2.59. The first-order valence-corrected chi connectivity index (χ1v) is 6.78. The van der Waals surface area contributed by atoms with Crippen molar-refractivity contribution >= 4 is 22.4 Å². The van der Waals surface area contributed by atoms with Gasteiger partial charge in [0.05, 0.1) is 17.9 Å². The van der Waals surface area contributed by atoms with Gasteiger partial charge in [0.2, 0.25) is 0 Å². The third kappa shape index (κ3) is 3.10. The molecule has 2 atom stereocenters. The van der Waals surface area contributed by atoms with Crippen molar-refractivity contribution in [1.82, 2.24) is 9.55 Å². The van der Waals surface area contributed by atoms with Crippen LogP contribution in [-0.2, 0) is 16.7 Å². The molecule has 14 heavy (non-hydrogen) atoms. The molecule has 0 aliphatic carbocycles. The number of aromatic nitrogens is 2. The van der Waals surface area contributed by atoms with Crippen molar-refractivity contribution in [3.8, 4) is 0 Å². The van der Waals surface area contributed by atoms with E-state index in [2.05, 4.69) is 11.9 Å². The van der Waals surface area contributed by atoms with E-state index in [1.165, 1.54) is 0 Å². The third-order valence-electron chi connectivity index (χ3n) is 2.18. The third-order valence-corrected chi connectivity index (χ3v) is 3.27. The van der Waals surface area contributed by atoms with Gasteiger partial charge in [-0.05, 0) is 13.3 Å². The fraction of sp³-hybridized carbons (Fsp3) is 0.667. The summed E-state index contributed by atoms with van der Waals surface area (Å²) in [7, 11) is -0.723. The molecule has 1 heterocycles. The van der Waals surface area contributed by atoms with Crippen molar-refractivity contribution in [3.05, 3.63) is 18.2 Å². The second kappa shape index (κ2) is 5.51. The second-order valence-corrected chi connectivity index (χ2v) is 5.16. The summed E-state index contributed by atoms with van der Waals surface area (Å²) in [5, 5.41) is 0. The first kappa shape index (κ1) is 11.7. The van der Waals surface area contributed by atoms with Crippen LogP contribution in [0.2, 0.25) is 0 Å². The highest BCUT2D eigenvalue weighted by atomic mass is 35.5. The van der Waals surface area contributed by atoms with E-state index in [4.69, 9.17) is 11.6 Å². The molecule has 0 amide bonds. The number of hydrogen-bond donors (Lipinski definition) is 0. The van der Waals surface area contributed by atoms with E-state index in [-0.39, 0.29) is 0 Å². The molecule has 0 aliphatic rings. The SMILES string of the molecule is CC(CCS(C)=O)n1cncc1CCl. The van der Waals surface area contributed by atoms with E-state index in [1.54, 1.807) is 18.8 Å². The molecule has 1 aromatic heterocycles. The van der Waals surface area contributed by atoms with Gasteiger partial charge in [0, 0.05) is 35.0 Å². The van der Waals surface area contributed by atoms with Crippen molar-refractivity contribution in [3.63, 3.8) is 0 Å². The Morgan fingerprint density at radius 3 is 3.00 bits per heavy atom. The van der Waals surface area contributed by atoms with Gasteiger partial charge >= 0.3 is 0 Å². The Kier molecular flexibility index (Phi) is 4.62. The van der Waals surface area contributed by atoms with Gasteiger partial charge in [-0.3, -0.25) is 4.21 Å². The van der Waals surface area contributed by atoms with Gasteiger partial charge < -0.3 is 4.57 Å². The minimum Gasteiger partial charge on any atom is -0.331 e. The molecule has 80 valence electrons. The number of imidazole rings is 1. The molecule has 0 saturated carbocycles. The van der Waals surface area contributed by atoms with Crippen LogP contribution in [0.1, 0.15) is 25.1 Å². The van der Waals surface area contributed by atoms with Crippen LogP contribution < -0.4 is 0 Å². The number of rotatable bonds is 5. The van der Waals surface area contributed by atoms with Crippen molar-refractivity contribution in [2.45, 2.75) is 25.3 Å². The Labute approximate surface area is 91.9 Å². The van der Waals surface area contributed by atoms with Crippen LogP contribution in [0.5, 0.6) is 0 Å². The monoisotopic (exact) mass is 234 g/mol. The Bertz CT molecular complexity index is 314. The molecule has 0 aromatic carbocycles. The molecular formula is C9H15ClN2OS. The van der Waals surface area contributed by atoms with Crippen LogP contribution in [0.4, 0.5) is 0 Å². The van der Waals surface area contributed by atoms with Crippen LogP contribution in [0.15, 0.2) is 12.5 Å². The molecule has 5 heteroatoms. The van der Waals surface area contributed by atoms with E-state index in [0.717, 1.165) is 17.9 Å². The largest absolute Gasteiger partial charge is 0.331 e. The molecule has 0 N–H and O–H groups in total. The van der Waals surface area contributed by atoms with E-state index >= 15 is 0 Å². The van der Waals surface area contributed by atoms with Gasteiger partial charge in [0.15, 0.2) is 0 Å². The van der Waals surface area contributed by atoms with Crippen molar-refractivity contribution in [1.29, 1.82) is 0 Å². The zero-order chi connectivity index (χ0) is 10.6. The van der Waals surface area contributed by atoms with Crippen LogP contribution >= 0.6 is 11.6 Å². The molecule has 0 aliphatic heterocycles.